The van der Waals surface area contributed by atoms with Gasteiger partial charge in [0.05, 0.1) is 0 Å². The van der Waals surface area contributed by atoms with Crippen molar-refractivity contribution in [3.63, 3.8) is 0 Å². The van der Waals surface area contributed by atoms with E-state index in [1.54, 1.807) is 4.90 Å². The molecule has 3 atom stereocenters. The molecule has 0 bridgehead atoms. The molecule has 2 fully saturated rings. The van der Waals surface area contributed by atoms with E-state index in [4.69, 9.17) is 4.74 Å². The van der Waals surface area contributed by atoms with Crippen LogP contribution in [0.5, 0.6) is 0 Å². The number of amides is 2. The zero-order chi connectivity index (χ0) is 20.1. The van der Waals surface area contributed by atoms with E-state index in [0.29, 0.717) is 32.5 Å². The van der Waals surface area contributed by atoms with Gasteiger partial charge in [-0.2, -0.15) is 0 Å². The molecule has 2 amide bonds. The number of carbonyl (C=O) groups is 3. The highest BCUT2D eigenvalue weighted by molar-refractivity contribution is 5.99. The Kier molecular flexibility index (Phi) is 6.54. The van der Waals surface area contributed by atoms with Crippen molar-refractivity contribution in [2.75, 3.05) is 19.6 Å². The minimum Gasteiger partial charge on any atom is -0.465 e. The van der Waals surface area contributed by atoms with Crippen LogP contribution in [0.3, 0.4) is 0 Å². The number of nitrogens with zero attached hydrogens (tertiary/aromatic N) is 2. The third kappa shape index (κ3) is 4.46. The third-order valence-corrected chi connectivity index (χ3v) is 5.77. The van der Waals surface area contributed by atoms with Crippen molar-refractivity contribution in [2.45, 2.75) is 45.3 Å². The van der Waals surface area contributed by atoms with Gasteiger partial charge in [0.15, 0.2) is 0 Å². The van der Waals surface area contributed by atoms with Gasteiger partial charge in [0.25, 0.3) is 0 Å². The Hall–Kier alpha value is -2.57. The van der Waals surface area contributed by atoms with Gasteiger partial charge in [-0.05, 0) is 30.7 Å². The molecule has 2 aliphatic rings. The van der Waals surface area contributed by atoms with Gasteiger partial charge in [0.2, 0.25) is 5.91 Å². The molecular weight excluding hydrogens is 360 g/mol. The van der Waals surface area contributed by atoms with E-state index in [1.165, 1.54) is 4.90 Å². The van der Waals surface area contributed by atoms with Gasteiger partial charge in [-0.25, -0.2) is 4.79 Å². The molecule has 2 saturated heterocycles. The second kappa shape index (κ2) is 9.08. The van der Waals surface area contributed by atoms with Crippen molar-refractivity contribution in [1.82, 2.24) is 9.80 Å². The van der Waals surface area contributed by atoms with Crippen LogP contribution in [0.25, 0.3) is 0 Å². The molecule has 2 aliphatic heterocycles. The minimum atomic E-state index is -0.908. The largest absolute Gasteiger partial charge is 0.465 e. The lowest BCUT2D eigenvalue weighted by atomic mass is 9.87. The van der Waals surface area contributed by atoms with E-state index in [2.05, 4.69) is 6.92 Å². The van der Waals surface area contributed by atoms with Crippen molar-refractivity contribution in [3.8, 4) is 0 Å². The summed E-state index contributed by atoms with van der Waals surface area (Å²) in [6.07, 6.45) is 1.97. The summed E-state index contributed by atoms with van der Waals surface area (Å²) in [5, 5.41) is 9.28. The van der Waals surface area contributed by atoms with Crippen LogP contribution >= 0.6 is 0 Å². The van der Waals surface area contributed by atoms with Gasteiger partial charge in [0, 0.05) is 25.7 Å². The van der Waals surface area contributed by atoms with Crippen LogP contribution in [0.1, 0.15) is 38.2 Å². The summed E-state index contributed by atoms with van der Waals surface area (Å²) in [6.45, 7) is 3.63. The number of piperidine rings is 1. The molecule has 1 N–H and O–H groups in total. The molecule has 7 heteroatoms. The first kappa shape index (κ1) is 20.2. The molecular formula is C21H28N2O5. The highest BCUT2D eigenvalue weighted by Gasteiger charge is 2.44. The fourth-order valence-corrected chi connectivity index (χ4v) is 4.34. The molecule has 0 unspecified atom stereocenters. The van der Waals surface area contributed by atoms with Crippen molar-refractivity contribution in [1.29, 1.82) is 0 Å². The van der Waals surface area contributed by atoms with Crippen LogP contribution in [0.4, 0.5) is 4.79 Å². The summed E-state index contributed by atoms with van der Waals surface area (Å²) >= 11 is 0. The lowest BCUT2D eigenvalue weighted by Gasteiger charge is -2.41. The van der Waals surface area contributed by atoms with Crippen LogP contribution in [-0.2, 0) is 20.9 Å². The molecule has 0 aromatic heterocycles. The number of hydrogen-bond acceptors (Lipinski definition) is 4. The van der Waals surface area contributed by atoms with Crippen LogP contribution in [0.15, 0.2) is 30.3 Å². The zero-order valence-electron chi connectivity index (χ0n) is 16.3. The van der Waals surface area contributed by atoms with Gasteiger partial charge in [-0.1, -0.05) is 43.7 Å². The molecule has 3 rings (SSSR count). The van der Waals surface area contributed by atoms with Gasteiger partial charge in [0.1, 0.15) is 12.5 Å². The number of likely N-dealkylation sites (tertiary alicyclic amines) is 2. The molecule has 2 heterocycles. The summed E-state index contributed by atoms with van der Waals surface area (Å²) in [7, 11) is 0. The Morgan fingerprint density at radius 1 is 1.18 bits per heavy atom. The number of benzene rings is 1. The standard InChI is InChI=1S/C21H28N2O5/c1-2-6-16-13-22(21(26)27)11-10-18(16)23-12-9-17(19(23)24)20(25)28-14-15-7-4-3-5-8-15/h3-5,7-8,16-18H,2,6,9-14H2,1H3,(H,26,27)/t16-,17+,18+/m1/s1. The molecule has 1 aromatic rings. The van der Waals surface area contributed by atoms with E-state index in [1.807, 2.05) is 30.3 Å². The first-order valence-electron chi connectivity index (χ1n) is 10.00. The third-order valence-electron chi connectivity index (χ3n) is 5.77. The highest BCUT2D eigenvalue weighted by atomic mass is 16.5. The monoisotopic (exact) mass is 388 g/mol. The molecule has 0 saturated carbocycles. The molecule has 152 valence electrons. The van der Waals surface area contributed by atoms with Crippen LogP contribution in [0.2, 0.25) is 0 Å². The van der Waals surface area contributed by atoms with E-state index >= 15 is 0 Å². The topological polar surface area (TPSA) is 87.2 Å². The van der Waals surface area contributed by atoms with Crippen LogP contribution in [0, 0.1) is 11.8 Å². The summed E-state index contributed by atoms with van der Waals surface area (Å²) in [5.41, 5.74) is 0.891. The Labute approximate surface area is 165 Å². The first-order chi connectivity index (χ1) is 13.5. The van der Waals surface area contributed by atoms with Crippen LogP contribution in [-0.4, -0.2) is 58.6 Å². The van der Waals surface area contributed by atoms with Crippen molar-refractivity contribution >= 4 is 18.0 Å². The number of carboxylic acid groups (broad SMARTS) is 1. The van der Waals surface area contributed by atoms with Gasteiger partial charge in [-0.15, -0.1) is 0 Å². The zero-order valence-corrected chi connectivity index (χ0v) is 16.3. The van der Waals surface area contributed by atoms with Crippen LogP contribution < -0.4 is 0 Å². The molecule has 0 aliphatic carbocycles. The molecule has 0 radical (unpaired) electrons. The maximum absolute atomic E-state index is 12.9. The van der Waals surface area contributed by atoms with Crippen molar-refractivity contribution in [2.24, 2.45) is 11.8 Å². The second-order valence-corrected chi connectivity index (χ2v) is 7.60. The molecule has 7 nitrogen and oxygen atoms in total. The van der Waals surface area contributed by atoms with Crippen molar-refractivity contribution in [3.05, 3.63) is 35.9 Å². The minimum absolute atomic E-state index is 0.00465. The quantitative estimate of drug-likeness (QED) is 0.598. The van der Waals surface area contributed by atoms with Gasteiger partial charge >= 0.3 is 12.1 Å². The van der Waals surface area contributed by atoms with Gasteiger partial charge < -0.3 is 19.6 Å². The Balaban J connectivity index is 1.60. The second-order valence-electron chi connectivity index (χ2n) is 7.60. The summed E-state index contributed by atoms with van der Waals surface area (Å²) in [6, 6.07) is 9.40. The molecule has 0 spiro atoms. The summed E-state index contributed by atoms with van der Waals surface area (Å²) < 4.78 is 5.37. The Morgan fingerprint density at radius 2 is 1.93 bits per heavy atom. The molecule has 1 aromatic carbocycles. The Bertz CT molecular complexity index is 708. The molecule has 28 heavy (non-hydrogen) atoms. The fraction of sp³-hybridized carbons (Fsp3) is 0.571. The van der Waals surface area contributed by atoms with E-state index in [-0.39, 0.29) is 24.5 Å². The van der Waals surface area contributed by atoms with Gasteiger partial charge in [-0.3, -0.25) is 9.59 Å². The lowest BCUT2D eigenvalue weighted by molar-refractivity contribution is -0.154. The SMILES string of the molecule is CCC[C@@H]1CN(C(=O)O)CC[C@@H]1N1CC[C@H](C(=O)OCc2ccccc2)C1=O. The van der Waals surface area contributed by atoms with Crippen molar-refractivity contribution < 1.29 is 24.2 Å². The normalized spacial score (nSPS) is 25.0. The van der Waals surface area contributed by atoms with E-state index in [0.717, 1.165) is 18.4 Å². The number of carbonyl (C=O) groups excluding carboxylic acids is 2. The maximum Gasteiger partial charge on any atom is 0.407 e. The smallest absolute Gasteiger partial charge is 0.407 e. The summed E-state index contributed by atoms with van der Waals surface area (Å²) in [4.78, 5) is 39.9. The maximum atomic E-state index is 12.9. The number of esters is 1. The first-order valence-corrected chi connectivity index (χ1v) is 10.00. The highest BCUT2D eigenvalue weighted by Crippen LogP contribution is 2.31. The predicted octanol–water partition coefficient (Wildman–Crippen LogP) is 2.75. The lowest BCUT2D eigenvalue weighted by Crippen LogP contribution is -2.53. The fourth-order valence-electron chi connectivity index (χ4n) is 4.34. The Morgan fingerprint density at radius 3 is 2.61 bits per heavy atom. The number of rotatable bonds is 6. The van der Waals surface area contributed by atoms with E-state index < -0.39 is 18.0 Å². The average Bonchev–Trinajstić information content (AvgIpc) is 3.08. The summed E-state index contributed by atoms with van der Waals surface area (Å²) in [5.74, 6) is -1.28. The number of ether oxygens (including phenoxy) is 1. The number of hydrogen-bond donors (Lipinski definition) is 1. The predicted molar refractivity (Wildman–Crippen MR) is 102 cm³/mol. The van der Waals surface area contributed by atoms with E-state index in [9.17, 15) is 19.5 Å². The average molecular weight is 388 g/mol.